The lowest BCUT2D eigenvalue weighted by atomic mass is 10.0. The SMILES string of the molecule is C[C@@H]([NH2+][C@@H](c1ccccc1)c1cccs1)C(=O)Nc1ccc(Cl)cc1Cl. The Kier molecular flexibility index (Phi) is 6.33. The zero-order valence-corrected chi connectivity index (χ0v) is 16.5. The molecule has 0 saturated heterocycles. The van der Waals surface area contributed by atoms with Gasteiger partial charge in [0.1, 0.15) is 6.04 Å². The minimum Gasteiger partial charge on any atom is -0.326 e. The number of nitrogens with one attached hydrogen (secondary N) is 1. The van der Waals surface area contributed by atoms with E-state index < -0.39 is 0 Å². The zero-order valence-electron chi connectivity index (χ0n) is 14.2. The first-order chi connectivity index (χ1) is 12.5. The van der Waals surface area contributed by atoms with Crippen LogP contribution in [-0.4, -0.2) is 11.9 Å². The standard InChI is InChI=1S/C20H18Cl2N2OS/c1-13(20(25)24-17-10-9-15(21)12-16(17)22)23-19(18-8-5-11-26-18)14-6-3-2-4-7-14/h2-13,19,23H,1H3,(H,24,25)/p+1/t13-,19+/m1/s1. The number of quaternary nitrogens is 1. The van der Waals surface area contributed by atoms with Crippen LogP contribution >= 0.6 is 34.5 Å². The van der Waals surface area contributed by atoms with Crippen molar-refractivity contribution in [2.24, 2.45) is 0 Å². The topological polar surface area (TPSA) is 45.7 Å². The van der Waals surface area contributed by atoms with Crippen molar-refractivity contribution in [2.45, 2.75) is 19.0 Å². The average molecular weight is 406 g/mol. The fourth-order valence-electron chi connectivity index (χ4n) is 2.71. The summed E-state index contributed by atoms with van der Waals surface area (Å²) in [6.07, 6.45) is 0. The Hall–Kier alpha value is -1.85. The summed E-state index contributed by atoms with van der Waals surface area (Å²) < 4.78 is 0. The van der Waals surface area contributed by atoms with Gasteiger partial charge in [-0.3, -0.25) is 4.79 Å². The third-order valence-corrected chi connectivity index (χ3v) is 5.60. The minimum absolute atomic E-state index is 0.0673. The summed E-state index contributed by atoms with van der Waals surface area (Å²) in [5, 5.41) is 7.97. The molecule has 0 spiro atoms. The van der Waals surface area contributed by atoms with Gasteiger partial charge in [0.05, 0.1) is 15.6 Å². The van der Waals surface area contributed by atoms with Crippen LogP contribution in [0.3, 0.4) is 0 Å². The van der Waals surface area contributed by atoms with E-state index in [1.54, 1.807) is 29.5 Å². The van der Waals surface area contributed by atoms with Gasteiger partial charge in [0.15, 0.2) is 6.04 Å². The number of carbonyl (C=O) groups is 1. The lowest BCUT2D eigenvalue weighted by molar-refractivity contribution is -0.703. The molecule has 2 aromatic carbocycles. The first-order valence-corrected chi connectivity index (χ1v) is 9.87. The lowest BCUT2D eigenvalue weighted by Crippen LogP contribution is -2.92. The zero-order chi connectivity index (χ0) is 18.5. The van der Waals surface area contributed by atoms with Gasteiger partial charge >= 0.3 is 0 Å². The van der Waals surface area contributed by atoms with Crippen LogP contribution < -0.4 is 10.6 Å². The normalized spacial score (nSPS) is 13.2. The molecule has 6 heteroatoms. The molecular weight excluding hydrogens is 387 g/mol. The van der Waals surface area contributed by atoms with Crippen LogP contribution in [0.4, 0.5) is 5.69 Å². The molecule has 134 valence electrons. The van der Waals surface area contributed by atoms with Crippen molar-refractivity contribution in [1.82, 2.24) is 0 Å². The molecule has 0 bridgehead atoms. The summed E-state index contributed by atoms with van der Waals surface area (Å²) in [5.41, 5.74) is 1.73. The van der Waals surface area contributed by atoms with Crippen LogP contribution in [0.5, 0.6) is 0 Å². The van der Waals surface area contributed by atoms with Crippen LogP contribution in [0.2, 0.25) is 10.0 Å². The number of hydrogen-bond acceptors (Lipinski definition) is 2. The van der Waals surface area contributed by atoms with E-state index in [1.165, 1.54) is 10.4 Å². The third-order valence-electron chi connectivity index (χ3n) is 4.09. The van der Waals surface area contributed by atoms with Gasteiger partial charge < -0.3 is 10.6 Å². The summed E-state index contributed by atoms with van der Waals surface area (Å²) in [5.74, 6) is -0.105. The summed E-state index contributed by atoms with van der Waals surface area (Å²) in [6.45, 7) is 1.89. The maximum absolute atomic E-state index is 12.7. The number of halogens is 2. The number of anilines is 1. The van der Waals surface area contributed by atoms with Gasteiger partial charge in [0, 0.05) is 10.6 Å². The number of carbonyl (C=O) groups excluding carboxylic acids is 1. The van der Waals surface area contributed by atoms with Crippen molar-refractivity contribution < 1.29 is 10.1 Å². The summed E-state index contributed by atoms with van der Waals surface area (Å²) in [7, 11) is 0. The predicted molar refractivity (Wildman–Crippen MR) is 109 cm³/mol. The van der Waals surface area contributed by atoms with Gasteiger partial charge in [-0.2, -0.15) is 0 Å². The van der Waals surface area contributed by atoms with E-state index in [0.717, 1.165) is 0 Å². The van der Waals surface area contributed by atoms with Gasteiger partial charge in [-0.25, -0.2) is 0 Å². The molecule has 0 radical (unpaired) electrons. The monoisotopic (exact) mass is 405 g/mol. The molecule has 3 aromatic rings. The van der Waals surface area contributed by atoms with E-state index in [0.29, 0.717) is 15.7 Å². The number of nitrogens with two attached hydrogens (primary N) is 1. The van der Waals surface area contributed by atoms with E-state index in [4.69, 9.17) is 23.2 Å². The molecule has 0 aliphatic heterocycles. The van der Waals surface area contributed by atoms with Crippen LogP contribution in [0.25, 0.3) is 0 Å². The third kappa shape index (κ3) is 4.65. The maximum Gasteiger partial charge on any atom is 0.282 e. The molecule has 0 unspecified atom stereocenters. The highest BCUT2D eigenvalue weighted by Crippen LogP contribution is 2.26. The van der Waals surface area contributed by atoms with Crippen molar-refractivity contribution >= 4 is 46.1 Å². The highest BCUT2D eigenvalue weighted by Gasteiger charge is 2.25. The van der Waals surface area contributed by atoms with E-state index in [2.05, 4.69) is 34.2 Å². The highest BCUT2D eigenvalue weighted by molar-refractivity contribution is 7.10. The van der Waals surface area contributed by atoms with Crippen LogP contribution in [0.1, 0.15) is 23.4 Å². The smallest absolute Gasteiger partial charge is 0.282 e. The summed E-state index contributed by atoms with van der Waals surface area (Å²) in [4.78, 5) is 13.9. The van der Waals surface area contributed by atoms with Gasteiger partial charge in [0.25, 0.3) is 5.91 Å². The summed E-state index contributed by atoms with van der Waals surface area (Å²) in [6, 6.07) is 19.1. The Morgan fingerprint density at radius 1 is 1.08 bits per heavy atom. The van der Waals surface area contributed by atoms with Crippen molar-refractivity contribution in [3.8, 4) is 0 Å². The Labute approximate surface area is 167 Å². The molecule has 1 heterocycles. The van der Waals surface area contributed by atoms with Crippen molar-refractivity contribution in [2.75, 3.05) is 5.32 Å². The molecule has 2 atom stereocenters. The fraction of sp³-hybridized carbons (Fsp3) is 0.150. The van der Waals surface area contributed by atoms with E-state index in [9.17, 15) is 4.79 Å². The predicted octanol–water partition coefficient (Wildman–Crippen LogP) is 4.73. The van der Waals surface area contributed by atoms with Crippen LogP contribution in [0.15, 0.2) is 66.0 Å². The van der Waals surface area contributed by atoms with Crippen LogP contribution in [0, 0.1) is 0 Å². The van der Waals surface area contributed by atoms with Crippen LogP contribution in [-0.2, 0) is 4.79 Å². The lowest BCUT2D eigenvalue weighted by Gasteiger charge is -2.19. The maximum atomic E-state index is 12.7. The molecule has 3 N–H and O–H groups in total. The minimum atomic E-state index is -0.297. The second-order valence-corrected chi connectivity index (χ2v) is 7.82. The first-order valence-electron chi connectivity index (χ1n) is 8.24. The van der Waals surface area contributed by atoms with E-state index in [1.807, 2.05) is 31.2 Å². The quantitative estimate of drug-likeness (QED) is 0.611. The van der Waals surface area contributed by atoms with Crippen molar-refractivity contribution in [3.05, 3.63) is 86.5 Å². The Balaban J connectivity index is 1.75. The van der Waals surface area contributed by atoms with Gasteiger partial charge in [-0.1, -0.05) is 59.6 Å². The second-order valence-electron chi connectivity index (χ2n) is 6.00. The molecule has 1 amide bonds. The van der Waals surface area contributed by atoms with Gasteiger partial charge in [-0.15, -0.1) is 11.3 Å². The van der Waals surface area contributed by atoms with E-state index in [-0.39, 0.29) is 18.0 Å². The molecule has 3 nitrogen and oxygen atoms in total. The first kappa shape index (κ1) is 18.9. The van der Waals surface area contributed by atoms with E-state index >= 15 is 0 Å². The van der Waals surface area contributed by atoms with Crippen molar-refractivity contribution in [3.63, 3.8) is 0 Å². The van der Waals surface area contributed by atoms with Crippen molar-refractivity contribution in [1.29, 1.82) is 0 Å². The molecular formula is C20H19Cl2N2OS+. The molecule has 0 aliphatic rings. The second kappa shape index (κ2) is 8.69. The molecule has 0 fully saturated rings. The molecule has 0 saturated carbocycles. The number of thiophene rings is 1. The number of rotatable bonds is 6. The largest absolute Gasteiger partial charge is 0.326 e. The highest BCUT2D eigenvalue weighted by atomic mass is 35.5. The molecule has 3 rings (SSSR count). The molecule has 1 aromatic heterocycles. The summed E-state index contributed by atoms with van der Waals surface area (Å²) >= 11 is 13.7. The molecule has 26 heavy (non-hydrogen) atoms. The van der Waals surface area contributed by atoms with Gasteiger partial charge in [0.2, 0.25) is 0 Å². The average Bonchev–Trinajstić information content (AvgIpc) is 3.17. The Bertz CT molecular complexity index is 869. The number of amides is 1. The van der Waals surface area contributed by atoms with Gasteiger partial charge in [-0.05, 0) is 36.6 Å². The number of benzene rings is 2. The molecule has 0 aliphatic carbocycles. The number of hydrogen-bond donors (Lipinski definition) is 2. The Morgan fingerprint density at radius 3 is 2.50 bits per heavy atom. The Morgan fingerprint density at radius 2 is 1.85 bits per heavy atom. The fourth-order valence-corrected chi connectivity index (χ4v) is 4.00.